The molecule has 0 heterocycles. The van der Waals surface area contributed by atoms with E-state index in [4.69, 9.17) is 14.6 Å². The molecule has 19 heavy (non-hydrogen) atoms. The molecule has 0 spiro atoms. The third kappa shape index (κ3) is 4.59. The third-order valence-corrected chi connectivity index (χ3v) is 2.31. The minimum Gasteiger partial charge on any atom is -0.497 e. The van der Waals surface area contributed by atoms with Gasteiger partial charge in [-0.15, -0.1) is 0 Å². The zero-order valence-corrected chi connectivity index (χ0v) is 10.9. The summed E-state index contributed by atoms with van der Waals surface area (Å²) in [4.78, 5) is 22.6. The zero-order chi connectivity index (χ0) is 14.3. The molecule has 104 valence electrons. The molecule has 1 aromatic rings. The van der Waals surface area contributed by atoms with Gasteiger partial charge in [0.2, 0.25) is 5.91 Å². The van der Waals surface area contributed by atoms with Gasteiger partial charge in [-0.1, -0.05) is 6.92 Å². The number of anilines is 1. The summed E-state index contributed by atoms with van der Waals surface area (Å²) >= 11 is 0. The van der Waals surface area contributed by atoms with Gasteiger partial charge in [0.1, 0.15) is 12.4 Å². The lowest BCUT2D eigenvalue weighted by Crippen LogP contribution is -2.20. The standard InChI is InChI=1S/C13H17NO5/c1-3-6-19-8-12(15)14-11-5-4-9(18-2)7-10(11)13(16)17/h4-5,7H,3,6,8H2,1-2H3,(H,14,15)(H,16,17). The Morgan fingerprint density at radius 1 is 1.37 bits per heavy atom. The summed E-state index contributed by atoms with van der Waals surface area (Å²) in [6, 6.07) is 4.42. The van der Waals surface area contributed by atoms with Crippen LogP contribution >= 0.6 is 0 Å². The van der Waals surface area contributed by atoms with Gasteiger partial charge in [0.15, 0.2) is 0 Å². The summed E-state index contributed by atoms with van der Waals surface area (Å²) in [5, 5.41) is 11.6. The monoisotopic (exact) mass is 267 g/mol. The Balaban J connectivity index is 2.77. The van der Waals surface area contributed by atoms with Crippen molar-refractivity contribution in [3.63, 3.8) is 0 Å². The minimum atomic E-state index is -1.14. The largest absolute Gasteiger partial charge is 0.497 e. The second-order valence-electron chi connectivity index (χ2n) is 3.82. The Morgan fingerprint density at radius 2 is 2.11 bits per heavy atom. The number of methoxy groups -OCH3 is 1. The highest BCUT2D eigenvalue weighted by molar-refractivity contribution is 6.01. The van der Waals surface area contributed by atoms with Crippen molar-refractivity contribution in [2.45, 2.75) is 13.3 Å². The SMILES string of the molecule is CCCOCC(=O)Nc1ccc(OC)cc1C(=O)O. The van der Waals surface area contributed by atoms with Crippen LogP contribution in [0.4, 0.5) is 5.69 Å². The minimum absolute atomic E-state index is 0.0248. The molecule has 2 N–H and O–H groups in total. The molecule has 0 aliphatic heterocycles. The Labute approximate surface area is 111 Å². The molecule has 1 rings (SSSR count). The number of hydrogen-bond donors (Lipinski definition) is 2. The van der Waals surface area contributed by atoms with Crippen LogP contribution in [0.5, 0.6) is 5.75 Å². The molecular weight excluding hydrogens is 250 g/mol. The lowest BCUT2D eigenvalue weighted by atomic mass is 10.1. The highest BCUT2D eigenvalue weighted by Crippen LogP contribution is 2.22. The molecule has 0 aromatic heterocycles. The second-order valence-corrected chi connectivity index (χ2v) is 3.82. The van der Waals surface area contributed by atoms with Gasteiger partial charge in [-0.25, -0.2) is 4.79 Å². The van der Waals surface area contributed by atoms with Crippen LogP contribution in [0.3, 0.4) is 0 Å². The van der Waals surface area contributed by atoms with E-state index in [1.54, 1.807) is 6.07 Å². The second kappa shape index (κ2) is 7.38. The molecule has 6 nitrogen and oxygen atoms in total. The molecule has 0 radical (unpaired) electrons. The first-order valence-electron chi connectivity index (χ1n) is 5.87. The normalized spacial score (nSPS) is 10.0. The van der Waals surface area contributed by atoms with Gasteiger partial charge >= 0.3 is 5.97 Å². The van der Waals surface area contributed by atoms with Crippen LogP contribution < -0.4 is 10.1 Å². The molecular formula is C13H17NO5. The average Bonchev–Trinajstić information content (AvgIpc) is 2.39. The topological polar surface area (TPSA) is 84.9 Å². The van der Waals surface area contributed by atoms with E-state index in [0.717, 1.165) is 6.42 Å². The van der Waals surface area contributed by atoms with Crippen LogP contribution in [0.15, 0.2) is 18.2 Å². The fourth-order valence-corrected chi connectivity index (χ4v) is 1.43. The van der Waals surface area contributed by atoms with Crippen LogP contribution in [-0.2, 0) is 9.53 Å². The number of ether oxygens (including phenoxy) is 2. The molecule has 1 aromatic carbocycles. The highest BCUT2D eigenvalue weighted by atomic mass is 16.5. The van der Waals surface area contributed by atoms with Crippen molar-refractivity contribution >= 4 is 17.6 Å². The fraction of sp³-hybridized carbons (Fsp3) is 0.385. The molecule has 0 aliphatic rings. The Morgan fingerprint density at radius 3 is 2.68 bits per heavy atom. The van der Waals surface area contributed by atoms with Crippen molar-refractivity contribution in [2.24, 2.45) is 0 Å². The van der Waals surface area contributed by atoms with E-state index in [0.29, 0.717) is 12.4 Å². The van der Waals surface area contributed by atoms with Gasteiger partial charge in [0.25, 0.3) is 0 Å². The molecule has 1 amide bonds. The number of aromatic carboxylic acids is 1. The number of nitrogens with one attached hydrogen (secondary N) is 1. The Hall–Kier alpha value is -2.08. The van der Waals surface area contributed by atoms with Crippen molar-refractivity contribution in [3.8, 4) is 5.75 Å². The van der Waals surface area contributed by atoms with Gasteiger partial charge < -0.3 is 19.9 Å². The molecule has 0 atom stereocenters. The van der Waals surface area contributed by atoms with Gasteiger partial charge in [-0.3, -0.25) is 4.79 Å². The number of amides is 1. The number of carboxylic acid groups (broad SMARTS) is 1. The first-order chi connectivity index (χ1) is 9.08. The quantitative estimate of drug-likeness (QED) is 0.735. The smallest absolute Gasteiger partial charge is 0.337 e. The van der Waals surface area contributed by atoms with E-state index >= 15 is 0 Å². The zero-order valence-electron chi connectivity index (χ0n) is 10.9. The van der Waals surface area contributed by atoms with E-state index in [9.17, 15) is 9.59 Å². The predicted octanol–water partition coefficient (Wildman–Crippen LogP) is 1.76. The number of benzene rings is 1. The van der Waals surface area contributed by atoms with Crippen LogP contribution in [0.1, 0.15) is 23.7 Å². The lowest BCUT2D eigenvalue weighted by molar-refractivity contribution is -0.120. The van der Waals surface area contributed by atoms with Gasteiger partial charge in [-0.05, 0) is 24.6 Å². The summed E-state index contributed by atoms with van der Waals surface area (Å²) in [5.74, 6) is -1.11. The van der Waals surface area contributed by atoms with E-state index in [2.05, 4.69) is 5.32 Å². The summed E-state index contributed by atoms with van der Waals surface area (Å²) in [7, 11) is 1.44. The van der Waals surface area contributed by atoms with Crippen LogP contribution in [-0.4, -0.2) is 37.3 Å². The van der Waals surface area contributed by atoms with E-state index < -0.39 is 5.97 Å². The first-order valence-corrected chi connectivity index (χ1v) is 5.87. The molecule has 6 heteroatoms. The molecule has 0 fully saturated rings. The number of carboxylic acids is 1. The summed E-state index contributed by atoms with van der Waals surface area (Å²) in [5.41, 5.74) is 0.196. The Bertz CT molecular complexity index is 458. The van der Waals surface area contributed by atoms with Crippen LogP contribution in [0, 0.1) is 0 Å². The van der Waals surface area contributed by atoms with Gasteiger partial charge in [0, 0.05) is 6.61 Å². The molecule has 0 unspecified atom stereocenters. The van der Waals surface area contributed by atoms with Crippen LogP contribution in [0.25, 0.3) is 0 Å². The number of rotatable bonds is 7. The van der Waals surface area contributed by atoms with E-state index in [1.165, 1.54) is 19.2 Å². The number of carbonyl (C=O) groups is 2. The third-order valence-electron chi connectivity index (χ3n) is 2.31. The van der Waals surface area contributed by atoms with Crippen molar-refractivity contribution in [3.05, 3.63) is 23.8 Å². The number of carbonyl (C=O) groups excluding carboxylic acids is 1. The van der Waals surface area contributed by atoms with Crippen molar-refractivity contribution in [1.82, 2.24) is 0 Å². The molecule has 0 saturated carbocycles. The summed E-state index contributed by atoms with van der Waals surface area (Å²) in [6.45, 7) is 2.32. The highest BCUT2D eigenvalue weighted by Gasteiger charge is 2.13. The van der Waals surface area contributed by atoms with E-state index in [1.807, 2.05) is 6.92 Å². The maximum atomic E-state index is 11.6. The van der Waals surface area contributed by atoms with Gasteiger partial charge in [0.05, 0.1) is 18.4 Å². The van der Waals surface area contributed by atoms with Gasteiger partial charge in [-0.2, -0.15) is 0 Å². The van der Waals surface area contributed by atoms with Crippen LogP contribution in [0.2, 0.25) is 0 Å². The average molecular weight is 267 g/mol. The lowest BCUT2D eigenvalue weighted by Gasteiger charge is -2.10. The van der Waals surface area contributed by atoms with Crippen molar-refractivity contribution < 1.29 is 24.2 Å². The number of hydrogen-bond acceptors (Lipinski definition) is 4. The molecule has 0 aliphatic carbocycles. The molecule has 0 saturated heterocycles. The summed E-state index contributed by atoms with van der Waals surface area (Å²) in [6.07, 6.45) is 0.816. The van der Waals surface area contributed by atoms with E-state index in [-0.39, 0.29) is 23.8 Å². The Kier molecular flexibility index (Phi) is 5.81. The predicted molar refractivity (Wildman–Crippen MR) is 69.7 cm³/mol. The fourth-order valence-electron chi connectivity index (χ4n) is 1.43. The molecule has 0 bridgehead atoms. The maximum absolute atomic E-state index is 11.6. The van der Waals surface area contributed by atoms with Crippen molar-refractivity contribution in [2.75, 3.05) is 25.6 Å². The maximum Gasteiger partial charge on any atom is 0.337 e. The van der Waals surface area contributed by atoms with Crippen molar-refractivity contribution in [1.29, 1.82) is 0 Å². The first kappa shape index (κ1) is 15.0. The summed E-state index contributed by atoms with van der Waals surface area (Å²) < 4.78 is 10.0.